The van der Waals surface area contributed by atoms with Gasteiger partial charge in [0.1, 0.15) is 5.75 Å². The summed E-state index contributed by atoms with van der Waals surface area (Å²) in [6, 6.07) is 8.28. The molecular weight excluding hydrogens is 184 g/mol. The van der Waals surface area contributed by atoms with Gasteiger partial charge in [-0.05, 0) is 30.5 Å². The van der Waals surface area contributed by atoms with E-state index < -0.39 is 0 Å². The standard InChI is InChI=1S/C14H18O/c1-4-5-6-11-15-14-9-7-13(8-10-14)12(2)3/h7-10,12H,6,11H2,1-3H3. The van der Waals surface area contributed by atoms with E-state index in [1.807, 2.05) is 19.1 Å². The minimum Gasteiger partial charge on any atom is -0.493 e. The lowest BCUT2D eigenvalue weighted by Crippen LogP contribution is -1.96. The van der Waals surface area contributed by atoms with Crippen LogP contribution in [0.15, 0.2) is 24.3 Å². The van der Waals surface area contributed by atoms with E-state index in [0.29, 0.717) is 12.5 Å². The molecule has 0 radical (unpaired) electrons. The van der Waals surface area contributed by atoms with Crippen molar-refractivity contribution in [2.75, 3.05) is 6.61 Å². The molecule has 0 aliphatic heterocycles. The van der Waals surface area contributed by atoms with Gasteiger partial charge in [-0.25, -0.2) is 0 Å². The zero-order valence-corrected chi connectivity index (χ0v) is 9.71. The quantitative estimate of drug-likeness (QED) is 0.535. The fourth-order valence-electron chi connectivity index (χ4n) is 1.29. The number of benzene rings is 1. The lowest BCUT2D eigenvalue weighted by Gasteiger charge is -2.07. The van der Waals surface area contributed by atoms with Crippen LogP contribution in [0.4, 0.5) is 0 Å². The average molecular weight is 202 g/mol. The predicted octanol–water partition coefficient (Wildman–Crippen LogP) is 3.60. The molecule has 0 amide bonds. The lowest BCUT2D eigenvalue weighted by molar-refractivity contribution is 0.327. The topological polar surface area (TPSA) is 9.23 Å². The summed E-state index contributed by atoms with van der Waals surface area (Å²) < 4.78 is 5.54. The van der Waals surface area contributed by atoms with E-state index >= 15 is 0 Å². The Bertz CT molecular complexity index is 338. The van der Waals surface area contributed by atoms with Crippen molar-refractivity contribution in [2.45, 2.75) is 33.1 Å². The molecule has 1 nitrogen and oxygen atoms in total. The molecule has 0 saturated carbocycles. The van der Waals surface area contributed by atoms with Gasteiger partial charge in [-0.1, -0.05) is 26.0 Å². The summed E-state index contributed by atoms with van der Waals surface area (Å²) in [4.78, 5) is 0. The maximum atomic E-state index is 5.54. The highest BCUT2D eigenvalue weighted by atomic mass is 16.5. The molecule has 0 aromatic heterocycles. The van der Waals surface area contributed by atoms with Gasteiger partial charge in [-0.15, -0.1) is 11.8 Å². The van der Waals surface area contributed by atoms with Crippen molar-refractivity contribution in [1.29, 1.82) is 0 Å². The first-order chi connectivity index (χ1) is 7.24. The third-order valence-electron chi connectivity index (χ3n) is 2.22. The summed E-state index contributed by atoms with van der Waals surface area (Å²) in [5.41, 5.74) is 1.34. The van der Waals surface area contributed by atoms with Crippen LogP contribution in [0, 0.1) is 11.8 Å². The third-order valence-corrected chi connectivity index (χ3v) is 2.22. The fraction of sp³-hybridized carbons (Fsp3) is 0.429. The van der Waals surface area contributed by atoms with Crippen LogP contribution in [-0.4, -0.2) is 6.61 Å². The average Bonchev–Trinajstić information content (AvgIpc) is 2.25. The highest BCUT2D eigenvalue weighted by molar-refractivity contribution is 5.28. The molecular formula is C14H18O. The molecule has 1 aromatic rings. The smallest absolute Gasteiger partial charge is 0.119 e. The Hall–Kier alpha value is -1.42. The molecule has 0 heterocycles. The van der Waals surface area contributed by atoms with E-state index in [1.165, 1.54) is 5.56 Å². The van der Waals surface area contributed by atoms with Crippen molar-refractivity contribution < 1.29 is 4.74 Å². The van der Waals surface area contributed by atoms with Crippen molar-refractivity contribution in [3.8, 4) is 17.6 Å². The molecule has 0 fully saturated rings. The van der Waals surface area contributed by atoms with Crippen molar-refractivity contribution in [3.63, 3.8) is 0 Å². The minimum atomic E-state index is 0.574. The number of hydrogen-bond acceptors (Lipinski definition) is 1. The predicted molar refractivity (Wildman–Crippen MR) is 64.1 cm³/mol. The Morgan fingerprint density at radius 1 is 1.20 bits per heavy atom. The van der Waals surface area contributed by atoms with E-state index in [0.717, 1.165) is 12.2 Å². The van der Waals surface area contributed by atoms with Gasteiger partial charge in [0.25, 0.3) is 0 Å². The maximum Gasteiger partial charge on any atom is 0.119 e. The Kier molecular flexibility index (Phi) is 4.77. The molecule has 0 aliphatic rings. The van der Waals surface area contributed by atoms with E-state index in [9.17, 15) is 0 Å². The molecule has 0 saturated heterocycles. The van der Waals surface area contributed by atoms with Gasteiger partial charge in [-0.3, -0.25) is 0 Å². The molecule has 1 aromatic carbocycles. The third kappa shape index (κ3) is 4.08. The molecule has 0 unspecified atom stereocenters. The fourth-order valence-corrected chi connectivity index (χ4v) is 1.29. The van der Waals surface area contributed by atoms with Crippen molar-refractivity contribution in [1.82, 2.24) is 0 Å². The van der Waals surface area contributed by atoms with Crippen LogP contribution in [0.1, 0.15) is 38.7 Å². The van der Waals surface area contributed by atoms with Crippen LogP contribution < -0.4 is 4.74 Å². The maximum absolute atomic E-state index is 5.54. The van der Waals surface area contributed by atoms with Crippen LogP contribution in [-0.2, 0) is 0 Å². The Morgan fingerprint density at radius 2 is 1.87 bits per heavy atom. The van der Waals surface area contributed by atoms with Crippen LogP contribution in [0.5, 0.6) is 5.75 Å². The second-order valence-corrected chi connectivity index (χ2v) is 3.75. The van der Waals surface area contributed by atoms with Gasteiger partial charge >= 0.3 is 0 Å². The second-order valence-electron chi connectivity index (χ2n) is 3.75. The first-order valence-corrected chi connectivity index (χ1v) is 5.36. The van der Waals surface area contributed by atoms with Gasteiger partial charge in [0.15, 0.2) is 0 Å². The van der Waals surface area contributed by atoms with E-state index in [1.54, 1.807) is 0 Å². The highest BCUT2D eigenvalue weighted by Gasteiger charge is 1.98. The molecule has 15 heavy (non-hydrogen) atoms. The zero-order chi connectivity index (χ0) is 11.1. The highest BCUT2D eigenvalue weighted by Crippen LogP contribution is 2.18. The van der Waals surface area contributed by atoms with Crippen molar-refractivity contribution in [3.05, 3.63) is 29.8 Å². The minimum absolute atomic E-state index is 0.574. The van der Waals surface area contributed by atoms with Gasteiger partial charge in [0.2, 0.25) is 0 Å². The Labute approximate surface area is 92.5 Å². The van der Waals surface area contributed by atoms with Gasteiger partial charge < -0.3 is 4.74 Å². The summed E-state index contributed by atoms with van der Waals surface area (Å²) in [6.07, 6.45) is 0.794. The summed E-state index contributed by atoms with van der Waals surface area (Å²) in [5, 5.41) is 0. The Morgan fingerprint density at radius 3 is 2.40 bits per heavy atom. The van der Waals surface area contributed by atoms with E-state index in [-0.39, 0.29) is 0 Å². The second kappa shape index (κ2) is 6.14. The van der Waals surface area contributed by atoms with Gasteiger partial charge in [0.05, 0.1) is 6.61 Å². The monoisotopic (exact) mass is 202 g/mol. The largest absolute Gasteiger partial charge is 0.493 e. The molecule has 1 rings (SSSR count). The SMILES string of the molecule is CC#CCCOc1ccc(C(C)C)cc1. The summed E-state index contributed by atoms with van der Waals surface area (Å²) in [7, 11) is 0. The molecule has 1 heteroatoms. The zero-order valence-electron chi connectivity index (χ0n) is 9.71. The van der Waals surface area contributed by atoms with Crippen molar-refractivity contribution in [2.24, 2.45) is 0 Å². The van der Waals surface area contributed by atoms with E-state index in [2.05, 4.69) is 37.8 Å². The van der Waals surface area contributed by atoms with Crippen LogP contribution in [0.2, 0.25) is 0 Å². The summed E-state index contributed by atoms with van der Waals surface area (Å²) in [6.45, 7) is 6.89. The number of rotatable bonds is 4. The summed E-state index contributed by atoms with van der Waals surface area (Å²) in [5.74, 6) is 7.32. The molecule has 0 bridgehead atoms. The normalized spacial score (nSPS) is 9.60. The first kappa shape index (κ1) is 11.7. The molecule has 0 N–H and O–H groups in total. The first-order valence-electron chi connectivity index (χ1n) is 5.36. The molecule has 80 valence electrons. The van der Waals surface area contributed by atoms with Gasteiger partial charge in [0, 0.05) is 6.42 Å². The van der Waals surface area contributed by atoms with Gasteiger partial charge in [-0.2, -0.15) is 0 Å². The molecule has 0 atom stereocenters. The van der Waals surface area contributed by atoms with E-state index in [4.69, 9.17) is 4.74 Å². The number of hydrogen-bond donors (Lipinski definition) is 0. The van der Waals surface area contributed by atoms with Crippen LogP contribution in [0.25, 0.3) is 0 Å². The summed E-state index contributed by atoms with van der Waals surface area (Å²) >= 11 is 0. The molecule has 0 aliphatic carbocycles. The Balaban J connectivity index is 2.45. The van der Waals surface area contributed by atoms with Crippen molar-refractivity contribution >= 4 is 0 Å². The molecule has 0 spiro atoms. The van der Waals surface area contributed by atoms with Crippen LogP contribution >= 0.6 is 0 Å². The lowest BCUT2D eigenvalue weighted by atomic mass is 10.0. The van der Waals surface area contributed by atoms with Crippen LogP contribution in [0.3, 0.4) is 0 Å². The number of ether oxygens (including phenoxy) is 1.